The molecular weight excluding hydrogens is 254 g/mol. The van der Waals surface area contributed by atoms with E-state index in [1.54, 1.807) is 0 Å². The topological polar surface area (TPSA) is 12.0 Å². The van der Waals surface area contributed by atoms with Crippen molar-refractivity contribution < 1.29 is 0 Å². The minimum atomic E-state index is 0.380. The van der Waals surface area contributed by atoms with Crippen LogP contribution in [0.25, 0.3) is 0 Å². The highest BCUT2D eigenvalue weighted by atomic mass is 14.9. The molecule has 1 N–H and O–H groups in total. The van der Waals surface area contributed by atoms with Crippen LogP contribution in [0.1, 0.15) is 56.3 Å². The van der Waals surface area contributed by atoms with Gasteiger partial charge in [-0.05, 0) is 42.9 Å². The van der Waals surface area contributed by atoms with Gasteiger partial charge in [-0.25, -0.2) is 0 Å². The molecule has 2 unspecified atom stereocenters. The van der Waals surface area contributed by atoms with Gasteiger partial charge < -0.3 is 5.32 Å². The third-order valence-corrected chi connectivity index (χ3v) is 4.02. The van der Waals surface area contributed by atoms with E-state index in [4.69, 9.17) is 0 Å². The molecule has 0 bridgehead atoms. The van der Waals surface area contributed by atoms with Crippen molar-refractivity contribution in [2.75, 3.05) is 0 Å². The van der Waals surface area contributed by atoms with Crippen LogP contribution in [0.4, 0.5) is 0 Å². The number of benzene rings is 2. The first-order chi connectivity index (χ1) is 10.1. The lowest BCUT2D eigenvalue weighted by Crippen LogP contribution is -2.30. The molecular formula is C20H27N. The molecule has 0 amide bonds. The maximum absolute atomic E-state index is 3.69. The van der Waals surface area contributed by atoms with Gasteiger partial charge in [-0.1, -0.05) is 68.4 Å². The van der Waals surface area contributed by atoms with E-state index in [9.17, 15) is 0 Å². The average Bonchev–Trinajstić information content (AvgIpc) is 2.48. The quantitative estimate of drug-likeness (QED) is 0.777. The summed E-state index contributed by atoms with van der Waals surface area (Å²) in [5, 5.41) is 3.69. The molecule has 0 radical (unpaired) electrons. The normalized spacial score (nSPS) is 14.1. The van der Waals surface area contributed by atoms with Gasteiger partial charge in [0.05, 0.1) is 0 Å². The Bertz CT molecular complexity index is 528. The zero-order valence-electron chi connectivity index (χ0n) is 13.6. The Hall–Kier alpha value is -1.60. The predicted octanol–water partition coefficient (Wildman–Crippen LogP) is 5.09. The number of hydrogen-bond donors (Lipinski definition) is 1. The Kier molecular flexibility index (Phi) is 5.58. The van der Waals surface area contributed by atoms with Crippen molar-refractivity contribution in [2.24, 2.45) is 0 Å². The molecule has 2 atom stereocenters. The first-order valence-electron chi connectivity index (χ1n) is 7.96. The summed E-state index contributed by atoms with van der Waals surface area (Å²) in [6.45, 7) is 8.97. The van der Waals surface area contributed by atoms with Crippen LogP contribution in [-0.4, -0.2) is 6.04 Å². The zero-order chi connectivity index (χ0) is 15.2. The highest BCUT2D eigenvalue weighted by Gasteiger charge is 2.10. The summed E-state index contributed by atoms with van der Waals surface area (Å²) in [4.78, 5) is 0. The monoisotopic (exact) mass is 281 g/mol. The van der Waals surface area contributed by atoms with E-state index in [1.807, 2.05) is 0 Å². The van der Waals surface area contributed by atoms with Crippen molar-refractivity contribution in [3.63, 3.8) is 0 Å². The molecule has 0 fully saturated rings. The second kappa shape index (κ2) is 7.42. The average molecular weight is 281 g/mol. The van der Waals surface area contributed by atoms with E-state index < -0.39 is 0 Å². The number of hydrogen-bond acceptors (Lipinski definition) is 1. The Morgan fingerprint density at radius 2 is 1.33 bits per heavy atom. The van der Waals surface area contributed by atoms with E-state index in [-0.39, 0.29) is 0 Å². The molecule has 0 aromatic heterocycles. The zero-order valence-corrected chi connectivity index (χ0v) is 13.6. The van der Waals surface area contributed by atoms with Gasteiger partial charge >= 0.3 is 0 Å². The number of nitrogens with one attached hydrogen (secondary N) is 1. The van der Waals surface area contributed by atoms with Crippen LogP contribution in [0.15, 0.2) is 54.6 Å². The van der Waals surface area contributed by atoms with Crippen LogP contribution >= 0.6 is 0 Å². The van der Waals surface area contributed by atoms with Gasteiger partial charge in [-0.3, -0.25) is 0 Å². The van der Waals surface area contributed by atoms with Crippen LogP contribution in [0.3, 0.4) is 0 Å². The van der Waals surface area contributed by atoms with Crippen LogP contribution < -0.4 is 5.32 Å². The van der Waals surface area contributed by atoms with Crippen molar-refractivity contribution in [1.82, 2.24) is 5.32 Å². The highest BCUT2D eigenvalue weighted by Crippen LogP contribution is 2.19. The molecule has 2 aromatic rings. The third kappa shape index (κ3) is 4.71. The van der Waals surface area contributed by atoms with Crippen LogP contribution in [0.5, 0.6) is 0 Å². The predicted molar refractivity (Wildman–Crippen MR) is 91.7 cm³/mol. The van der Waals surface area contributed by atoms with E-state index in [0.717, 1.165) is 6.42 Å². The van der Waals surface area contributed by atoms with Gasteiger partial charge in [0.1, 0.15) is 0 Å². The second-order valence-electron chi connectivity index (χ2n) is 6.30. The first kappa shape index (κ1) is 15.8. The maximum atomic E-state index is 3.69. The summed E-state index contributed by atoms with van der Waals surface area (Å²) in [5.74, 6) is 0.597. The van der Waals surface area contributed by atoms with Crippen LogP contribution in [0, 0.1) is 0 Å². The third-order valence-electron chi connectivity index (χ3n) is 4.02. The minimum Gasteiger partial charge on any atom is -0.307 e. The molecule has 0 saturated heterocycles. The molecule has 0 spiro atoms. The molecule has 0 aliphatic heterocycles. The molecule has 1 heteroatoms. The van der Waals surface area contributed by atoms with Gasteiger partial charge in [0.25, 0.3) is 0 Å². The lowest BCUT2D eigenvalue weighted by atomic mass is 9.99. The van der Waals surface area contributed by atoms with E-state index in [2.05, 4.69) is 87.6 Å². The molecule has 2 rings (SSSR count). The summed E-state index contributed by atoms with van der Waals surface area (Å²) in [7, 11) is 0. The van der Waals surface area contributed by atoms with Gasteiger partial charge in [-0.2, -0.15) is 0 Å². The highest BCUT2D eigenvalue weighted by molar-refractivity contribution is 5.26. The standard InChI is InChI=1S/C20H27N/c1-15(2)19-10-12-20(13-11-19)17(4)21-16(3)14-18-8-6-5-7-9-18/h5-13,15-17,21H,14H2,1-4H3. The Labute approximate surface area is 129 Å². The molecule has 0 aliphatic carbocycles. The van der Waals surface area contributed by atoms with Crippen molar-refractivity contribution in [1.29, 1.82) is 0 Å². The lowest BCUT2D eigenvalue weighted by molar-refractivity contribution is 0.477. The lowest BCUT2D eigenvalue weighted by Gasteiger charge is -2.21. The summed E-state index contributed by atoms with van der Waals surface area (Å²) in [6, 6.07) is 20.5. The molecule has 21 heavy (non-hydrogen) atoms. The Morgan fingerprint density at radius 3 is 1.90 bits per heavy atom. The van der Waals surface area contributed by atoms with Crippen LogP contribution in [-0.2, 0) is 6.42 Å². The van der Waals surface area contributed by atoms with Crippen molar-refractivity contribution in [3.05, 3.63) is 71.3 Å². The fourth-order valence-corrected chi connectivity index (χ4v) is 2.72. The van der Waals surface area contributed by atoms with Crippen molar-refractivity contribution in [3.8, 4) is 0 Å². The molecule has 0 aliphatic rings. The molecule has 112 valence electrons. The van der Waals surface area contributed by atoms with Gasteiger partial charge in [-0.15, -0.1) is 0 Å². The Morgan fingerprint density at radius 1 is 0.762 bits per heavy atom. The Balaban J connectivity index is 1.92. The fraction of sp³-hybridized carbons (Fsp3) is 0.400. The van der Waals surface area contributed by atoms with E-state index >= 15 is 0 Å². The fourth-order valence-electron chi connectivity index (χ4n) is 2.72. The van der Waals surface area contributed by atoms with Crippen LogP contribution in [0.2, 0.25) is 0 Å². The largest absolute Gasteiger partial charge is 0.307 e. The molecule has 0 heterocycles. The summed E-state index contributed by atoms with van der Waals surface area (Å²) < 4.78 is 0. The van der Waals surface area contributed by atoms with E-state index in [1.165, 1.54) is 16.7 Å². The maximum Gasteiger partial charge on any atom is 0.0294 e. The SMILES string of the molecule is CC(Cc1ccccc1)NC(C)c1ccc(C(C)C)cc1. The van der Waals surface area contributed by atoms with Gasteiger partial charge in [0.15, 0.2) is 0 Å². The summed E-state index contributed by atoms with van der Waals surface area (Å²) in [6.07, 6.45) is 1.06. The first-order valence-corrected chi connectivity index (χ1v) is 7.96. The summed E-state index contributed by atoms with van der Waals surface area (Å²) in [5.41, 5.74) is 4.16. The van der Waals surface area contributed by atoms with Gasteiger partial charge in [0, 0.05) is 12.1 Å². The van der Waals surface area contributed by atoms with Gasteiger partial charge in [0.2, 0.25) is 0 Å². The second-order valence-corrected chi connectivity index (χ2v) is 6.30. The molecule has 0 saturated carbocycles. The smallest absolute Gasteiger partial charge is 0.0294 e. The van der Waals surface area contributed by atoms with Crippen molar-refractivity contribution >= 4 is 0 Å². The minimum absolute atomic E-state index is 0.380. The summed E-state index contributed by atoms with van der Waals surface area (Å²) >= 11 is 0. The van der Waals surface area contributed by atoms with Crippen molar-refractivity contribution in [2.45, 2.75) is 52.1 Å². The van der Waals surface area contributed by atoms with E-state index in [0.29, 0.717) is 18.0 Å². The molecule has 1 nitrogen and oxygen atoms in total. The number of rotatable bonds is 6. The molecule has 2 aromatic carbocycles.